The Morgan fingerprint density at radius 3 is 1.39 bits per heavy atom. The number of halogens is 7. The minimum Gasteiger partial charge on any atom is -0.222 e. The average molecular weight is 1270 g/mol. The van der Waals surface area contributed by atoms with Crippen LogP contribution in [0.2, 0.25) is 0 Å². The third-order valence-corrected chi connectivity index (χ3v) is 17.4. The van der Waals surface area contributed by atoms with E-state index in [-0.39, 0.29) is 27.6 Å². The van der Waals surface area contributed by atoms with Crippen molar-refractivity contribution in [2.24, 2.45) is 4.99 Å². The van der Waals surface area contributed by atoms with Crippen molar-refractivity contribution in [2.45, 2.75) is 90.9 Å². The number of carbonyl (C=O) groups is 1. The van der Waals surface area contributed by atoms with Crippen LogP contribution in [0.5, 0.6) is 0 Å². The van der Waals surface area contributed by atoms with Crippen LogP contribution in [-0.2, 0) is 26.5 Å². The minimum absolute atomic E-state index is 0.00975. The Labute approximate surface area is 522 Å². The number of aliphatic imine (C=N–C) groups is 1. The van der Waals surface area contributed by atoms with Crippen LogP contribution in [0.25, 0.3) is 43.1 Å². The molecule has 0 radical (unpaired) electrons. The first-order chi connectivity index (χ1) is 41.8. The number of hydrogen-bond acceptors (Lipinski definition) is 7. The van der Waals surface area contributed by atoms with E-state index < -0.39 is 18.1 Å². The predicted molar refractivity (Wildman–Crippen MR) is 346 cm³/mol. The van der Waals surface area contributed by atoms with Crippen molar-refractivity contribution in [3.05, 3.63) is 234 Å². The van der Waals surface area contributed by atoms with Gasteiger partial charge < -0.3 is 5.32 Å². The van der Waals surface area contributed by atoms with Crippen molar-refractivity contribution in [2.75, 3.05) is 24.3 Å². The van der Waals surface area contributed by atoms with Crippen LogP contribution in [-0.4, -0.2) is 46.3 Å². The molecule has 90 heavy (non-hydrogen) atoms. The van der Waals surface area contributed by atoms with Gasteiger partial charge in [0.1, 0.15) is 14.1 Å². The topological polar surface area (TPSA) is 143 Å². The Bertz CT molecular complexity index is 4520. The molecule has 4 aliphatic heterocycles. The zero-order valence-corrected chi connectivity index (χ0v) is 53.7. The third-order valence-electron chi connectivity index (χ3n) is 17.4. The summed E-state index contributed by atoms with van der Waals surface area (Å²) < 4.78 is 97.8. The number of rotatable bonds is 5. The fraction of sp³-hybridized carbons (Fsp3) is 0.222. The summed E-state index contributed by atoms with van der Waals surface area (Å²) in [7, 11) is -11.3. The van der Waals surface area contributed by atoms with E-state index >= 15 is 0 Å². The molecule has 1 amide bonds. The molecule has 0 saturated heterocycles. The van der Waals surface area contributed by atoms with E-state index in [0.29, 0.717) is 0 Å². The number of nitrogens with one attached hydrogen (secondary N) is 1. The number of carbonyl (C=O) groups excluding carboxylic acids is 1. The van der Waals surface area contributed by atoms with E-state index in [1.165, 1.54) is 111 Å². The van der Waals surface area contributed by atoms with Crippen LogP contribution in [0.4, 0.5) is 53.6 Å². The van der Waals surface area contributed by atoms with Crippen LogP contribution in [0.1, 0.15) is 91.5 Å². The van der Waals surface area contributed by atoms with E-state index in [2.05, 4.69) is 261 Å². The summed E-state index contributed by atoms with van der Waals surface area (Å²) in [5.41, 5.74) is 16.0. The van der Waals surface area contributed by atoms with Crippen LogP contribution < -0.4 is 28.9 Å². The maximum absolute atomic E-state index is 12.2. The number of nitrogens with zero attached hydrogens (tertiary/aromatic N) is 4. The molecule has 0 atom stereocenters. The van der Waals surface area contributed by atoms with E-state index in [9.17, 15) is 30.0 Å². The first-order valence-corrected chi connectivity index (χ1v) is 32.3. The summed E-state index contributed by atoms with van der Waals surface area (Å²) in [6, 6.07) is 61.9. The van der Waals surface area contributed by atoms with Crippen LogP contribution in [0, 0.1) is 10.2 Å². The quantitative estimate of drug-likeness (QED) is 0.103. The molecule has 1 N–H and O–H groups in total. The number of fused-ring (bicyclic) bond motifs is 12. The molecule has 0 spiro atoms. The third kappa shape index (κ3) is 14.1. The molecular weight excluding hydrogens is 1200 g/mol. The molecule has 0 bridgehead atoms. The van der Waals surface area contributed by atoms with Gasteiger partial charge in [0.05, 0.1) is 22.2 Å². The van der Waals surface area contributed by atoms with Gasteiger partial charge in [0, 0.05) is 87.2 Å². The second kappa shape index (κ2) is 23.5. The maximum Gasteiger partial charge on any atom is -0.112 e. The summed E-state index contributed by atoms with van der Waals surface area (Å²) in [5.74, 6) is -0.00975. The van der Waals surface area contributed by atoms with Crippen LogP contribution >= 0.6 is 7.81 Å². The molecule has 0 unspecified atom stereocenters. The Morgan fingerprint density at radius 1 is 0.522 bits per heavy atom. The Kier molecular flexibility index (Phi) is 17.2. The molecule has 0 saturated carbocycles. The largest absolute Gasteiger partial charge is 0.222 e. The van der Waals surface area contributed by atoms with Gasteiger partial charge in [-0.15, -0.1) is 10.2 Å². The molecule has 468 valence electrons. The number of allylic oxidation sites excluding steroid dienone is 5. The van der Waals surface area contributed by atoms with E-state index in [4.69, 9.17) is 23.6 Å². The summed E-state index contributed by atoms with van der Waals surface area (Å²) >= 11 is 0. The maximum atomic E-state index is 12.2. The van der Waals surface area contributed by atoms with E-state index in [1.54, 1.807) is 11.8 Å². The molecular formula is C72H71ClF6N5O5P. The summed E-state index contributed by atoms with van der Waals surface area (Å²) in [4.78, 5) is 18.7. The van der Waals surface area contributed by atoms with Gasteiger partial charge in [-0.3, -0.25) is 14.7 Å². The molecule has 13 rings (SSSR count). The van der Waals surface area contributed by atoms with E-state index in [1.807, 2.05) is 36.5 Å². The van der Waals surface area contributed by atoms with Gasteiger partial charge in [-0.1, -0.05) is 173 Å². The normalized spacial score (nSPS) is 17.6. The van der Waals surface area contributed by atoms with Gasteiger partial charge in [-0.25, -0.2) is 18.6 Å². The van der Waals surface area contributed by atoms with Gasteiger partial charge in [0.2, 0.25) is 17.3 Å². The van der Waals surface area contributed by atoms with Gasteiger partial charge in [0.15, 0.2) is 11.4 Å². The molecule has 9 aromatic rings. The Morgan fingerprint density at radius 2 is 0.911 bits per heavy atom. The van der Waals surface area contributed by atoms with Crippen molar-refractivity contribution in [3.8, 4) is 0 Å². The van der Waals surface area contributed by atoms with Crippen molar-refractivity contribution >= 4 is 102 Å². The molecule has 0 aromatic heterocycles. The molecule has 10 nitrogen and oxygen atoms in total. The molecule has 0 aliphatic carbocycles. The van der Waals surface area contributed by atoms with Crippen LogP contribution in [0.3, 0.4) is 0 Å². The van der Waals surface area contributed by atoms with Crippen molar-refractivity contribution in [1.29, 1.82) is 0 Å². The second-order valence-electron chi connectivity index (χ2n) is 24.8. The number of anilines is 2. The minimum atomic E-state index is -10.7. The monoisotopic (exact) mass is 1270 g/mol. The molecule has 4 heterocycles. The van der Waals surface area contributed by atoms with Gasteiger partial charge in [-0.05, 0) is 108 Å². The zero-order chi connectivity index (χ0) is 65.8. The number of benzene rings is 9. The first kappa shape index (κ1) is 66.1. The smallest absolute Gasteiger partial charge is 0.112 e. The molecule has 9 aromatic carbocycles. The Hall–Kier alpha value is -8.34. The SMILES string of the molecule is CC(=O)N(C=CC1=[N+](C)c2ccc3ccccc3c2C1(C)C)c1ccccc1.CC1=Nc2c(ccc3ccccc23)C1(C)C.C[N+]1=C(C=CC=C2Nc3c(ccc4ccccc34)C2(C)C)C(C)(C)c2c1ccc1ccccc21.F[P-](F)(F)(F)(F)F.[O-][Cl+3]([O-])([O-])[O-]. The zero-order valence-electron chi connectivity index (χ0n) is 52.1. The van der Waals surface area contributed by atoms with Crippen LogP contribution in [0.15, 0.2) is 217 Å². The Balaban J connectivity index is 0.000000153. The number of para-hydroxylation sites is 1. The first-order valence-electron chi connectivity index (χ1n) is 29.0. The average Bonchev–Trinajstić information content (AvgIpc) is 1.62. The van der Waals surface area contributed by atoms with Gasteiger partial charge in [0.25, 0.3) is 0 Å². The summed E-state index contributed by atoms with van der Waals surface area (Å²) in [6.45, 7) is 22.0. The molecule has 0 fully saturated rings. The summed E-state index contributed by atoms with van der Waals surface area (Å²) in [6.07, 6.45) is 10.7. The molecule has 18 heteroatoms. The number of hydrogen-bond donors (Lipinski definition) is 1. The van der Waals surface area contributed by atoms with Gasteiger partial charge >= 0.3 is 33.0 Å². The summed E-state index contributed by atoms with van der Waals surface area (Å²) in [5, 5.41) is 14.0. The van der Waals surface area contributed by atoms with Gasteiger partial charge in [-0.2, -0.15) is 9.15 Å². The van der Waals surface area contributed by atoms with Crippen molar-refractivity contribution in [3.63, 3.8) is 0 Å². The molecule has 4 aliphatic rings. The fourth-order valence-electron chi connectivity index (χ4n) is 12.7. The standard InChI is InChI=1S/C32H30N2.C25H25N2O.C15H15N.ClHO4.F6P/c1-31(2)25-19-17-22-12-7-9-14-24(22)30(25)33-27(31)15-10-16-28-32(3,4)29-23-13-8-6-11-21(23)18-20-26(29)34(28)5;1-18(28)27(20-11-6-5-7-12-20)17-16-23-25(2,3)24-21-13-9-8-10-19(21)14-15-22(24)26(23)4;1-10-15(2,3)13-9-8-11-6-4-5-7-12(11)14(13)16-10;2-1(3,4)5;1-7(2,3,4,5)6/h6-20H,1-5H3;5-17H,1-4H3;4-9H,1-3H3;(H,2,3,4,5);/q;+1;;;-1. The van der Waals surface area contributed by atoms with E-state index in [0.717, 1.165) is 5.69 Å². The second-order valence-corrected chi connectivity index (χ2v) is 27.5. The predicted octanol–water partition coefficient (Wildman–Crippen LogP) is 16.1. The fourth-order valence-corrected chi connectivity index (χ4v) is 12.7. The van der Waals surface area contributed by atoms with Crippen molar-refractivity contribution < 1.29 is 68.0 Å². The van der Waals surface area contributed by atoms with Crippen molar-refractivity contribution in [1.82, 2.24) is 0 Å². The number of amides is 1.